The number of hydrogen-bond acceptors (Lipinski definition) is 3. The van der Waals surface area contributed by atoms with Crippen molar-refractivity contribution in [3.63, 3.8) is 0 Å². The van der Waals surface area contributed by atoms with Crippen LogP contribution in [0.1, 0.15) is 33.6 Å². The first-order valence-electron chi connectivity index (χ1n) is 6.97. The van der Waals surface area contributed by atoms with Gasteiger partial charge in [0.2, 0.25) is 0 Å². The van der Waals surface area contributed by atoms with Gasteiger partial charge in [0.15, 0.2) is 11.5 Å². The van der Waals surface area contributed by atoms with E-state index >= 15 is 0 Å². The summed E-state index contributed by atoms with van der Waals surface area (Å²) < 4.78 is 5.31. The fraction of sp³-hybridized carbons (Fsp3) is 0.111. The van der Waals surface area contributed by atoms with Gasteiger partial charge in [0, 0.05) is 24.1 Å². The average Bonchev–Trinajstić information content (AvgIpc) is 2.90. The van der Waals surface area contributed by atoms with Gasteiger partial charge < -0.3 is 9.73 Å². The Hall–Kier alpha value is -2.88. The Balaban J connectivity index is 1.95. The maximum absolute atomic E-state index is 12.4. The number of nitrogens with one attached hydrogen (secondary N) is 1. The first-order valence-corrected chi connectivity index (χ1v) is 6.97. The third kappa shape index (κ3) is 2.51. The van der Waals surface area contributed by atoms with Crippen LogP contribution in [0.25, 0.3) is 10.8 Å². The Morgan fingerprint density at radius 2 is 1.77 bits per heavy atom. The molecule has 0 aliphatic rings. The molecule has 0 bridgehead atoms. The molecule has 2 aromatic carbocycles. The molecule has 0 unspecified atom stereocenters. The van der Waals surface area contributed by atoms with Gasteiger partial charge in [0.05, 0.1) is 5.56 Å². The van der Waals surface area contributed by atoms with Crippen molar-refractivity contribution in [3.05, 3.63) is 65.6 Å². The maximum Gasteiger partial charge on any atom is 0.259 e. The summed E-state index contributed by atoms with van der Waals surface area (Å²) in [7, 11) is 0. The summed E-state index contributed by atoms with van der Waals surface area (Å²) in [5.74, 6) is 0.140. The van der Waals surface area contributed by atoms with Crippen LogP contribution in [0.5, 0.6) is 0 Å². The molecule has 4 nitrogen and oxygen atoms in total. The maximum atomic E-state index is 12.4. The molecule has 1 amide bonds. The molecule has 0 atom stereocenters. The lowest BCUT2D eigenvalue weighted by atomic mass is 10.1. The third-order valence-electron chi connectivity index (χ3n) is 3.55. The molecule has 0 fully saturated rings. The van der Waals surface area contributed by atoms with E-state index in [2.05, 4.69) is 5.32 Å². The number of carbonyl (C=O) groups excluding carboxylic acids is 2. The molecule has 3 rings (SSSR count). The van der Waals surface area contributed by atoms with E-state index in [1.807, 2.05) is 42.5 Å². The van der Waals surface area contributed by atoms with Crippen molar-refractivity contribution in [1.82, 2.24) is 0 Å². The molecule has 1 N–H and O–H groups in total. The molecule has 0 saturated carbocycles. The smallest absolute Gasteiger partial charge is 0.259 e. The van der Waals surface area contributed by atoms with E-state index in [0.29, 0.717) is 11.3 Å². The van der Waals surface area contributed by atoms with E-state index in [1.54, 1.807) is 6.92 Å². The molecule has 0 aliphatic heterocycles. The Morgan fingerprint density at radius 3 is 2.50 bits per heavy atom. The van der Waals surface area contributed by atoms with Crippen molar-refractivity contribution in [2.45, 2.75) is 13.8 Å². The van der Waals surface area contributed by atoms with Crippen molar-refractivity contribution >= 4 is 28.2 Å². The SMILES string of the molecule is CC(=O)c1cc(C(=O)Nc2cccc3ccccc23)c(C)o1. The molecule has 0 radical (unpaired) electrons. The minimum Gasteiger partial charge on any atom is -0.457 e. The highest BCUT2D eigenvalue weighted by Crippen LogP contribution is 2.24. The van der Waals surface area contributed by atoms with Gasteiger partial charge in [0.1, 0.15) is 5.76 Å². The van der Waals surface area contributed by atoms with E-state index in [1.165, 1.54) is 13.0 Å². The standard InChI is InChI=1S/C18H15NO3/c1-11(20)17-10-15(12(2)22-17)18(21)19-16-9-5-7-13-6-3-4-8-14(13)16/h3-10H,1-2H3,(H,19,21). The van der Waals surface area contributed by atoms with Gasteiger partial charge in [-0.3, -0.25) is 9.59 Å². The van der Waals surface area contributed by atoms with Crippen LogP contribution in [-0.2, 0) is 0 Å². The lowest BCUT2D eigenvalue weighted by Crippen LogP contribution is -2.12. The first-order chi connectivity index (χ1) is 10.6. The number of anilines is 1. The predicted molar refractivity (Wildman–Crippen MR) is 85.4 cm³/mol. The number of fused-ring (bicyclic) bond motifs is 1. The summed E-state index contributed by atoms with van der Waals surface area (Å²) in [4.78, 5) is 23.8. The summed E-state index contributed by atoms with van der Waals surface area (Å²) in [5, 5.41) is 4.90. The zero-order valence-electron chi connectivity index (χ0n) is 12.3. The highest BCUT2D eigenvalue weighted by Gasteiger charge is 2.17. The van der Waals surface area contributed by atoms with Crippen molar-refractivity contribution in [1.29, 1.82) is 0 Å². The number of rotatable bonds is 3. The fourth-order valence-corrected chi connectivity index (χ4v) is 2.41. The topological polar surface area (TPSA) is 59.3 Å². The summed E-state index contributed by atoms with van der Waals surface area (Å²) in [6.07, 6.45) is 0. The molecule has 0 saturated heterocycles. The fourth-order valence-electron chi connectivity index (χ4n) is 2.41. The molecular formula is C18H15NO3. The lowest BCUT2D eigenvalue weighted by Gasteiger charge is -2.08. The van der Waals surface area contributed by atoms with Gasteiger partial charge in [-0.15, -0.1) is 0 Å². The van der Waals surface area contributed by atoms with Crippen LogP contribution in [0.4, 0.5) is 5.69 Å². The molecule has 0 aliphatic carbocycles. The van der Waals surface area contributed by atoms with Crippen LogP contribution < -0.4 is 5.32 Å². The van der Waals surface area contributed by atoms with E-state index in [0.717, 1.165) is 16.5 Å². The second-order valence-corrected chi connectivity index (χ2v) is 5.12. The molecule has 22 heavy (non-hydrogen) atoms. The number of Topliss-reactive ketones (excluding diaryl/α,β-unsaturated/α-hetero) is 1. The van der Waals surface area contributed by atoms with E-state index in [9.17, 15) is 9.59 Å². The third-order valence-corrected chi connectivity index (χ3v) is 3.55. The summed E-state index contributed by atoms with van der Waals surface area (Å²) in [5.41, 5.74) is 1.10. The second kappa shape index (κ2) is 5.48. The lowest BCUT2D eigenvalue weighted by molar-refractivity contribution is 0.0983. The van der Waals surface area contributed by atoms with E-state index in [4.69, 9.17) is 4.42 Å². The average molecular weight is 293 g/mol. The zero-order valence-corrected chi connectivity index (χ0v) is 12.3. The minimum absolute atomic E-state index is 0.195. The van der Waals surface area contributed by atoms with Crippen LogP contribution in [-0.4, -0.2) is 11.7 Å². The van der Waals surface area contributed by atoms with Gasteiger partial charge >= 0.3 is 0 Å². The van der Waals surface area contributed by atoms with Crippen LogP contribution in [0.15, 0.2) is 52.9 Å². The van der Waals surface area contributed by atoms with Gasteiger partial charge in [0.25, 0.3) is 5.91 Å². The van der Waals surface area contributed by atoms with E-state index < -0.39 is 0 Å². The summed E-state index contributed by atoms with van der Waals surface area (Å²) in [6, 6.07) is 15.0. The van der Waals surface area contributed by atoms with Crippen LogP contribution >= 0.6 is 0 Å². The number of furan rings is 1. The number of ketones is 1. The van der Waals surface area contributed by atoms with Crippen molar-refractivity contribution in [2.24, 2.45) is 0 Å². The number of aryl methyl sites for hydroxylation is 1. The van der Waals surface area contributed by atoms with Gasteiger partial charge in [-0.2, -0.15) is 0 Å². The highest BCUT2D eigenvalue weighted by molar-refractivity contribution is 6.10. The molecule has 0 spiro atoms. The normalized spacial score (nSPS) is 10.6. The highest BCUT2D eigenvalue weighted by atomic mass is 16.3. The molecular weight excluding hydrogens is 278 g/mol. The largest absolute Gasteiger partial charge is 0.457 e. The van der Waals surface area contributed by atoms with Gasteiger partial charge in [-0.25, -0.2) is 0 Å². The van der Waals surface area contributed by atoms with Crippen LogP contribution in [0, 0.1) is 6.92 Å². The number of benzene rings is 2. The number of carbonyl (C=O) groups is 2. The van der Waals surface area contributed by atoms with Crippen LogP contribution in [0.3, 0.4) is 0 Å². The molecule has 1 aromatic heterocycles. The minimum atomic E-state index is -0.287. The molecule has 4 heteroatoms. The first kappa shape index (κ1) is 14.1. The van der Waals surface area contributed by atoms with Gasteiger partial charge in [-0.05, 0) is 18.4 Å². The molecule has 1 heterocycles. The quantitative estimate of drug-likeness (QED) is 0.736. The van der Waals surface area contributed by atoms with Crippen molar-refractivity contribution in [3.8, 4) is 0 Å². The Labute approximate surface area is 127 Å². The number of hydrogen-bond donors (Lipinski definition) is 1. The van der Waals surface area contributed by atoms with Crippen molar-refractivity contribution in [2.75, 3.05) is 5.32 Å². The van der Waals surface area contributed by atoms with Gasteiger partial charge in [-0.1, -0.05) is 36.4 Å². The Bertz CT molecular complexity index is 872. The Kier molecular flexibility index (Phi) is 3.51. The van der Waals surface area contributed by atoms with Crippen LogP contribution in [0.2, 0.25) is 0 Å². The predicted octanol–water partition coefficient (Wildman–Crippen LogP) is 4.20. The second-order valence-electron chi connectivity index (χ2n) is 5.12. The van der Waals surface area contributed by atoms with Crippen molar-refractivity contribution < 1.29 is 14.0 Å². The van der Waals surface area contributed by atoms with E-state index in [-0.39, 0.29) is 17.5 Å². The Morgan fingerprint density at radius 1 is 1.05 bits per heavy atom. The molecule has 3 aromatic rings. The summed E-state index contributed by atoms with van der Waals surface area (Å²) >= 11 is 0. The monoisotopic (exact) mass is 293 g/mol. The number of amides is 1. The molecule has 110 valence electrons. The zero-order chi connectivity index (χ0) is 15.7. The summed E-state index contributed by atoms with van der Waals surface area (Å²) in [6.45, 7) is 3.08.